The molecule has 1 aromatic carbocycles. The first kappa shape index (κ1) is 27.2. The van der Waals surface area contributed by atoms with E-state index in [4.69, 9.17) is 35.4 Å². The molecule has 7 N–H and O–H groups in total. The zero-order valence-corrected chi connectivity index (χ0v) is 21.0. The number of aromatic nitrogens is 1. The zero-order chi connectivity index (χ0) is 26.2. The average Bonchev–Trinajstić information content (AvgIpc) is 2.87. The van der Waals surface area contributed by atoms with Crippen LogP contribution >= 0.6 is 0 Å². The molecule has 0 saturated carbocycles. The van der Waals surface area contributed by atoms with Gasteiger partial charge in [-0.3, -0.25) is 4.79 Å². The molecule has 0 spiro atoms. The predicted molar refractivity (Wildman–Crippen MR) is 139 cm³/mol. The molecule has 2 aliphatic rings. The highest BCUT2D eigenvalue weighted by Gasteiger charge is 2.29. The van der Waals surface area contributed by atoms with Crippen LogP contribution in [0.15, 0.2) is 15.3 Å². The Hall–Kier alpha value is -3.41. The zero-order valence-electron chi connectivity index (χ0n) is 21.0. The Morgan fingerprint density at radius 1 is 1.14 bits per heavy atom. The van der Waals surface area contributed by atoms with Gasteiger partial charge in [0.15, 0.2) is 11.3 Å². The van der Waals surface area contributed by atoms with Crippen molar-refractivity contribution in [3.05, 3.63) is 33.0 Å². The molecule has 0 unspecified atom stereocenters. The standard InChI is InChI=1S/C25H35N5O6/c1-4-7-28-8-5-11-35-25(33)18-19(27)22(32)15(3)24-21(18)30-20-17(29-9-6-10-34-13-31)12-16(26)14(2)23(20)36-24/h12,28-29,31H,4-11,13,26-27H2,1-3H3. The molecular formula is C25H35N5O6. The number of hydrogen-bond acceptors (Lipinski definition) is 11. The summed E-state index contributed by atoms with van der Waals surface area (Å²) in [6.45, 7) is 7.74. The first-order chi connectivity index (χ1) is 17.3. The second-order valence-electron chi connectivity index (χ2n) is 8.51. The van der Waals surface area contributed by atoms with Crippen LogP contribution in [0.2, 0.25) is 0 Å². The monoisotopic (exact) mass is 501 g/mol. The molecule has 0 aromatic heterocycles. The summed E-state index contributed by atoms with van der Waals surface area (Å²) >= 11 is 0. The van der Waals surface area contributed by atoms with Crippen molar-refractivity contribution in [3.8, 4) is 11.5 Å². The minimum atomic E-state index is -0.727. The van der Waals surface area contributed by atoms with Gasteiger partial charge in [0.05, 0.1) is 24.6 Å². The fraction of sp³-hybridized carbons (Fsp3) is 0.480. The van der Waals surface area contributed by atoms with Crippen LogP contribution in [0.25, 0.3) is 22.6 Å². The lowest BCUT2D eigenvalue weighted by Gasteiger charge is -2.18. The average molecular weight is 502 g/mol. The molecule has 0 bridgehead atoms. The molecule has 11 heteroatoms. The highest BCUT2D eigenvalue weighted by Crippen LogP contribution is 2.37. The van der Waals surface area contributed by atoms with E-state index in [-0.39, 0.29) is 41.7 Å². The summed E-state index contributed by atoms with van der Waals surface area (Å²) in [5.74, 6) is -0.566. The lowest BCUT2D eigenvalue weighted by atomic mass is 10.0. The molecule has 1 aliphatic carbocycles. The van der Waals surface area contributed by atoms with Gasteiger partial charge in [0.1, 0.15) is 23.6 Å². The Morgan fingerprint density at radius 2 is 1.89 bits per heavy atom. The number of fused-ring (bicyclic) bond motifs is 2. The number of nitrogen functional groups attached to an aromatic ring is 2. The second-order valence-corrected chi connectivity index (χ2v) is 8.51. The maximum atomic E-state index is 13.0. The molecule has 196 valence electrons. The quantitative estimate of drug-likeness (QED) is 0.0764. The molecule has 1 aromatic rings. The van der Waals surface area contributed by atoms with Gasteiger partial charge in [-0.1, -0.05) is 6.92 Å². The van der Waals surface area contributed by atoms with Crippen LogP contribution in [0.1, 0.15) is 47.7 Å². The highest BCUT2D eigenvalue weighted by atomic mass is 16.6. The molecule has 11 nitrogen and oxygen atoms in total. The largest absolute Gasteiger partial charge is 0.462 e. The van der Waals surface area contributed by atoms with E-state index in [1.165, 1.54) is 0 Å². The second kappa shape index (κ2) is 12.5. The number of rotatable bonds is 13. The van der Waals surface area contributed by atoms with Gasteiger partial charge in [-0.2, -0.15) is 0 Å². The number of hydrogen-bond donors (Lipinski definition) is 5. The van der Waals surface area contributed by atoms with Crippen molar-refractivity contribution >= 4 is 34.1 Å². The number of aliphatic hydroxyl groups excluding tert-OH is 1. The van der Waals surface area contributed by atoms with E-state index >= 15 is 0 Å². The molecule has 0 fully saturated rings. The summed E-state index contributed by atoms with van der Waals surface area (Å²) in [6, 6.07) is 1.73. The number of ether oxygens (including phenoxy) is 2. The summed E-state index contributed by atoms with van der Waals surface area (Å²) in [7, 11) is 0. The summed E-state index contributed by atoms with van der Waals surface area (Å²) in [4.78, 5) is 30.6. The number of aryl methyl sites for hydroxylation is 1. The van der Waals surface area contributed by atoms with E-state index in [1.807, 2.05) is 0 Å². The number of carbonyl (C=O) groups excluding carboxylic acids is 1. The minimum absolute atomic E-state index is 0.107. The number of nitrogens with two attached hydrogens (primary N) is 2. The Labute approximate surface area is 209 Å². The van der Waals surface area contributed by atoms with Crippen LogP contribution in [-0.2, 0) is 9.47 Å². The number of esters is 1. The molecule has 36 heavy (non-hydrogen) atoms. The van der Waals surface area contributed by atoms with Crippen molar-refractivity contribution < 1.29 is 23.8 Å². The highest BCUT2D eigenvalue weighted by molar-refractivity contribution is 6.04. The van der Waals surface area contributed by atoms with Gasteiger partial charge in [0.2, 0.25) is 5.43 Å². The third kappa shape index (κ3) is 5.86. The smallest absolute Gasteiger partial charge is 0.342 e. The number of anilines is 3. The molecule has 0 atom stereocenters. The first-order valence-corrected chi connectivity index (χ1v) is 12.1. The fourth-order valence-electron chi connectivity index (χ4n) is 3.82. The van der Waals surface area contributed by atoms with Crippen LogP contribution in [0.3, 0.4) is 0 Å². The van der Waals surface area contributed by atoms with Crippen LogP contribution in [0.4, 0.5) is 17.1 Å². The van der Waals surface area contributed by atoms with Crippen LogP contribution in [0.5, 0.6) is 0 Å². The molecule has 0 amide bonds. The van der Waals surface area contributed by atoms with E-state index in [1.54, 1.807) is 19.9 Å². The summed E-state index contributed by atoms with van der Waals surface area (Å²) in [6.07, 6.45) is 2.25. The summed E-state index contributed by atoms with van der Waals surface area (Å²) < 4.78 is 16.5. The van der Waals surface area contributed by atoms with Gasteiger partial charge >= 0.3 is 5.97 Å². The fourth-order valence-corrected chi connectivity index (χ4v) is 3.82. The molecule has 1 aliphatic heterocycles. The number of benzene rings is 2. The SMILES string of the molecule is CCCNCCCOC(=O)c1c2nc3c(NCCCOCO)cc(N)c(C)c3oc-2c(C)c(=O)c1N. The van der Waals surface area contributed by atoms with Gasteiger partial charge in [-0.25, -0.2) is 9.78 Å². The Bertz CT molecular complexity index is 1240. The maximum Gasteiger partial charge on any atom is 0.342 e. The minimum Gasteiger partial charge on any atom is -0.462 e. The van der Waals surface area contributed by atoms with Crippen molar-refractivity contribution in [2.75, 3.05) is 56.4 Å². The Kier molecular flexibility index (Phi) is 9.45. The molecule has 3 rings (SSSR count). The third-order valence-corrected chi connectivity index (χ3v) is 5.85. The van der Waals surface area contributed by atoms with Gasteiger partial charge in [0.25, 0.3) is 0 Å². The van der Waals surface area contributed by atoms with E-state index in [9.17, 15) is 9.59 Å². The number of carbonyl (C=O) groups is 1. The molecule has 0 saturated heterocycles. The van der Waals surface area contributed by atoms with E-state index in [2.05, 4.69) is 17.6 Å². The Morgan fingerprint density at radius 3 is 2.61 bits per heavy atom. The Balaban J connectivity index is 2.04. The molecular weight excluding hydrogens is 466 g/mol. The topological polar surface area (TPSA) is 175 Å². The van der Waals surface area contributed by atoms with Crippen molar-refractivity contribution in [3.63, 3.8) is 0 Å². The summed E-state index contributed by atoms with van der Waals surface area (Å²) in [5, 5.41) is 15.3. The lowest BCUT2D eigenvalue weighted by molar-refractivity contribution is -0.00123. The number of nitrogens with zero attached hydrogens (tertiary/aromatic N) is 1. The molecule has 1 heterocycles. The number of nitrogens with one attached hydrogen (secondary N) is 2. The van der Waals surface area contributed by atoms with Crippen molar-refractivity contribution in [1.29, 1.82) is 0 Å². The first-order valence-electron chi connectivity index (χ1n) is 12.1. The predicted octanol–water partition coefficient (Wildman–Crippen LogP) is 2.39. The van der Waals surface area contributed by atoms with Gasteiger partial charge in [-0.15, -0.1) is 0 Å². The van der Waals surface area contributed by atoms with E-state index in [0.29, 0.717) is 60.6 Å². The van der Waals surface area contributed by atoms with E-state index in [0.717, 1.165) is 13.0 Å². The van der Waals surface area contributed by atoms with Gasteiger partial charge < -0.3 is 41.1 Å². The van der Waals surface area contributed by atoms with Crippen LogP contribution in [-0.4, -0.2) is 55.7 Å². The lowest BCUT2D eigenvalue weighted by Crippen LogP contribution is -2.23. The van der Waals surface area contributed by atoms with Crippen LogP contribution in [0, 0.1) is 13.8 Å². The van der Waals surface area contributed by atoms with Crippen molar-refractivity contribution in [1.82, 2.24) is 10.3 Å². The van der Waals surface area contributed by atoms with Gasteiger partial charge in [0, 0.05) is 23.4 Å². The maximum absolute atomic E-state index is 13.0. The number of aliphatic hydroxyl groups is 1. The van der Waals surface area contributed by atoms with E-state index < -0.39 is 11.4 Å². The summed E-state index contributed by atoms with van der Waals surface area (Å²) in [5.41, 5.74) is 14.4. The normalized spacial score (nSPS) is 11.3. The third-order valence-electron chi connectivity index (χ3n) is 5.85. The molecule has 0 radical (unpaired) electrons. The van der Waals surface area contributed by atoms with Crippen LogP contribution < -0.4 is 27.5 Å². The van der Waals surface area contributed by atoms with Crippen molar-refractivity contribution in [2.45, 2.75) is 40.0 Å². The van der Waals surface area contributed by atoms with Crippen molar-refractivity contribution in [2.24, 2.45) is 0 Å². The van der Waals surface area contributed by atoms with Gasteiger partial charge in [-0.05, 0) is 52.3 Å².